The topological polar surface area (TPSA) is 53.1 Å². The number of nitrogens with zero attached hydrogens (tertiary/aromatic N) is 3. The molecule has 2 heterocycles. The quantitative estimate of drug-likeness (QED) is 0.679. The summed E-state index contributed by atoms with van der Waals surface area (Å²) >= 11 is 1.74. The van der Waals surface area contributed by atoms with E-state index in [-0.39, 0.29) is 0 Å². The van der Waals surface area contributed by atoms with Crippen molar-refractivity contribution in [2.24, 2.45) is 0 Å². The Kier molecular flexibility index (Phi) is 5.19. The molecule has 3 rings (SSSR count). The van der Waals surface area contributed by atoms with Gasteiger partial charge in [0.1, 0.15) is 11.6 Å². The molecule has 5 nitrogen and oxygen atoms in total. The summed E-state index contributed by atoms with van der Waals surface area (Å²) in [5.74, 6) is 2.25. The van der Waals surface area contributed by atoms with Crippen molar-refractivity contribution in [3.8, 4) is 0 Å². The number of rotatable bonds is 6. The zero-order chi connectivity index (χ0) is 17.8. The van der Waals surface area contributed by atoms with Gasteiger partial charge in [-0.15, -0.1) is 11.3 Å². The molecule has 2 N–H and O–H groups in total. The lowest BCUT2D eigenvalue weighted by molar-refractivity contribution is 1.01. The number of benzene rings is 1. The zero-order valence-corrected chi connectivity index (χ0v) is 15.8. The first-order valence-corrected chi connectivity index (χ1v) is 9.05. The van der Waals surface area contributed by atoms with E-state index in [1.165, 1.54) is 16.0 Å². The van der Waals surface area contributed by atoms with Crippen molar-refractivity contribution < 1.29 is 0 Å². The van der Waals surface area contributed by atoms with Crippen LogP contribution in [0.1, 0.15) is 16.0 Å². The van der Waals surface area contributed by atoms with Crippen LogP contribution in [0.5, 0.6) is 0 Å². The lowest BCUT2D eigenvalue weighted by Crippen LogP contribution is -2.14. The van der Waals surface area contributed by atoms with Crippen LogP contribution >= 0.6 is 11.3 Å². The van der Waals surface area contributed by atoms with Gasteiger partial charge in [0.25, 0.3) is 0 Å². The normalized spacial score (nSPS) is 10.6. The molecule has 3 aromatic rings. The van der Waals surface area contributed by atoms with Crippen LogP contribution in [0.2, 0.25) is 0 Å². The lowest BCUT2D eigenvalue weighted by atomic mass is 10.2. The van der Waals surface area contributed by atoms with E-state index >= 15 is 0 Å². The van der Waals surface area contributed by atoms with Crippen molar-refractivity contribution in [1.82, 2.24) is 9.97 Å². The van der Waals surface area contributed by atoms with Crippen molar-refractivity contribution in [3.05, 3.63) is 57.8 Å². The van der Waals surface area contributed by atoms with Crippen LogP contribution in [-0.2, 0) is 6.54 Å². The average Bonchev–Trinajstić information content (AvgIpc) is 2.98. The van der Waals surface area contributed by atoms with E-state index < -0.39 is 0 Å². The van der Waals surface area contributed by atoms with Gasteiger partial charge in [0, 0.05) is 30.7 Å². The van der Waals surface area contributed by atoms with Crippen LogP contribution in [0.3, 0.4) is 0 Å². The molecule has 0 amide bonds. The number of thiophene rings is 1. The second-order valence-corrected chi connectivity index (χ2v) is 7.26. The van der Waals surface area contributed by atoms with Gasteiger partial charge < -0.3 is 15.5 Å². The fraction of sp³-hybridized carbons (Fsp3) is 0.263. The predicted molar refractivity (Wildman–Crippen MR) is 107 cm³/mol. The van der Waals surface area contributed by atoms with E-state index in [0.717, 1.165) is 23.9 Å². The van der Waals surface area contributed by atoms with Crippen LogP contribution in [0.4, 0.5) is 23.3 Å². The third-order valence-electron chi connectivity index (χ3n) is 3.67. The Morgan fingerprint density at radius 2 is 1.88 bits per heavy atom. The number of anilines is 4. The number of nitrogens with one attached hydrogen (secondary N) is 2. The molecule has 2 aromatic heterocycles. The molecule has 0 radical (unpaired) electrons. The molecule has 6 heteroatoms. The fourth-order valence-electron chi connectivity index (χ4n) is 2.43. The Morgan fingerprint density at radius 3 is 2.56 bits per heavy atom. The van der Waals surface area contributed by atoms with Gasteiger partial charge in [-0.05, 0) is 48.6 Å². The smallest absolute Gasteiger partial charge is 0.226 e. The summed E-state index contributed by atoms with van der Waals surface area (Å²) < 4.78 is 0. The van der Waals surface area contributed by atoms with Gasteiger partial charge in [-0.2, -0.15) is 9.97 Å². The maximum Gasteiger partial charge on any atom is 0.226 e. The van der Waals surface area contributed by atoms with Crippen molar-refractivity contribution in [2.45, 2.75) is 20.4 Å². The first-order valence-electron chi connectivity index (χ1n) is 8.17. The molecule has 0 aliphatic heterocycles. The van der Waals surface area contributed by atoms with E-state index in [2.05, 4.69) is 58.0 Å². The molecule has 25 heavy (non-hydrogen) atoms. The standard InChI is InChI=1S/C19H23N5S/c1-13-6-5-7-15(8-13)21-17-10-18(24(3)4)23-19(22-17)20-11-16-9-14(2)12-25-16/h5-10,12H,11H2,1-4H3,(H2,20,21,22,23). The molecule has 130 valence electrons. The number of aromatic nitrogens is 2. The van der Waals surface area contributed by atoms with E-state index in [4.69, 9.17) is 0 Å². The number of hydrogen-bond donors (Lipinski definition) is 2. The van der Waals surface area contributed by atoms with E-state index in [1.54, 1.807) is 11.3 Å². The Balaban J connectivity index is 1.81. The van der Waals surface area contributed by atoms with E-state index in [1.807, 2.05) is 37.2 Å². The molecular weight excluding hydrogens is 330 g/mol. The third kappa shape index (κ3) is 4.70. The van der Waals surface area contributed by atoms with Crippen LogP contribution in [0, 0.1) is 13.8 Å². The fourth-order valence-corrected chi connectivity index (χ4v) is 3.24. The van der Waals surface area contributed by atoms with Gasteiger partial charge >= 0.3 is 0 Å². The minimum absolute atomic E-state index is 0.618. The number of aryl methyl sites for hydroxylation is 2. The van der Waals surface area contributed by atoms with Gasteiger partial charge in [0.05, 0.1) is 6.54 Å². The molecule has 0 fully saturated rings. The second-order valence-electron chi connectivity index (χ2n) is 6.27. The summed E-state index contributed by atoms with van der Waals surface area (Å²) in [7, 11) is 3.95. The molecule has 0 aliphatic rings. The molecule has 0 saturated carbocycles. The van der Waals surface area contributed by atoms with E-state index in [0.29, 0.717) is 5.95 Å². The lowest BCUT2D eigenvalue weighted by Gasteiger charge is -2.15. The summed E-state index contributed by atoms with van der Waals surface area (Å²) in [5, 5.41) is 8.85. The van der Waals surface area contributed by atoms with Crippen LogP contribution in [0.25, 0.3) is 0 Å². The summed E-state index contributed by atoms with van der Waals surface area (Å²) in [5.41, 5.74) is 3.51. The molecule has 0 unspecified atom stereocenters. The third-order valence-corrected chi connectivity index (χ3v) is 4.72. The van der Waals surface area contributed by atoms with Gasteiger partial charge in [0.2, 0.25) is 5.95 Å². The molecular formula is C19H23N5S. The van der Waals surface area contributed by atoms with Crippen LogP contribution in [-0.4, -0.2) is 24.1 Å². The summed E-state index contributed by atoms with van der Waals surface area (Å²) in [6.07, 6.45) is 0. The zero-order valence-electron chi connectivity index (χ0n) is 15.0. The van der Waals surface area contributed by atoms with Crippen LogP contribution in [0.15, 0.2) is 41.8 Å². The minimum Gasteiger partial charge on any atom is -0.363 e. The average molecular weight is 353 g/mol. The van der Waals surface area contributed by atoms with Crippen LogP contribution < -0.4 is 15.5 Å². The Labute approximate surface area is 152 Å². The van der Waals surface area contributed by atoms with Gasteiger partial charge in [-0.25, -0.2) is 0 Å². The maximum atomic E-state index is 4.61. The summed E-state index contributed by atoms with van der Waals surface area (Å²) in [6.45, 7) is 4.90. The molecule has 0 spiro atoms. The van der Waals surface area contributed by atoms with Gasteiger partial charge in [-0.3, -0.25) is 0 Å². The summed E-state index contributed by atoms with van der Waals surface area (Å²) in [6, 6.07) is 12.4. The largest absolute Gasteiger partial charge is 0.363 e. The van der Waals surface area contributed by atoms with Gasteiger partial charge in [0.15, 0.2) is 0 Å². The SMILES string of the molecule is Cc1cccc(Nc2cc(N(C)C)nc(NCc3cc(C)cs3)n2)c1. The van der Waals surface area contributed by atoms with Crippen molar-refractivity contribution in [1.29, 1.82) is 0 Å². The highest BCUT2D eigenvalue weighted by Gasteiger charge is 2.07. The first kappa shape index (κ1) is 17.2. The molecule has 0 atom stereocenters. The summed E-state index contributed by atoms with van der Waals surface area (Å²) in [4.78, 5) is 12.4. The second kappa shape index (κ2) is 7.53. The highest BCUT2D eigenvalue weighted by atomic mass is 32.1. The Morgan fingerprint density at radius 1 is 1.04 bits per heavy atom. The maximum absolute atomic E-state index is 4.61. The molecule has 0 saturated heterocycles. The highest BCUT2D eigenvalue weighted by Crippen LogP contribution is 2.22. The predicted octanol–water partition coefficient (Wildman–Crippen LogP) is 4.58. The van der Waals surface area contributed by atoms with Gasteiger partial charge in [-0.1, -0.05) is 12.1 Å². The molecule has 1 aromatic carbocycles. The van der Waals surface area contributed by atoms with Crippen molar-refractivity contribution >= 4 is 34.6 Å². The van der Waals surface area contributed by atoms with E-state index in [9.17, 15) is 0 Å². The first-order chi connectivity index (χ1) is 12.0. The van der Waals surface area contributed by atoms with Crippen molar-refractivity contribution in [2.75, 3.05) is 29.6 Å². The number of hydrogen-bond acceptors (Lipinski definition) is 6. The molecule has 0 bridgehead atoms. The Hall–Kier alpha value is -2.60. The molecule has 0 aliphatic carbocycles. The highest BCUT2D eigenvalue weighted by molar-refractivity contribution is 7.10. The Bertz CT molecular complexity index is 857. The minimum atomic E-state index is 0.618. The monoisotopic (exact) mass is 353 g/mol. The van der Waals surface area contributed by atoms with Crippen molar-refractivity contribution in [3.63, 3.8) is 0 Å².